The maximum Gasteiger partial charge on any atom is 0.477 e. The first-order valence-corrected chi connectivity index (χ1v) is 7.01. The largest absolute Gasteiger partial charge is 0.477 e. The van der Waals surface area contributed by atoms with Crippen LogP contribution in [0.1, 0.15) is 0 Å². The molecule has 0 atom stereocenters. The van der Waals surface area contributed by atoms with Crippen molar-refractivity contribution < 1.29 is 41.9 Å². The van der Waals surface area contributed by atoms with E-state index in [1.807, 2.05) is 0 Å². The van der Waals surface area contributed by atoms with E-state index in [9.17, 15) is 13.7 Å². The summed E-state index contributed by atoms with van der Waals surface area (Å²) in [5.41, 5.74) is 4.42. The molecule has 0 aliphatic heterocycles. The van der Waals surface area contributed by atoms with Crippen molar-refractivity contribution in [1.29, 1.82) is 0 Å². The monoisotopic (exact) mass is 257 g/mol. The van der Waals surface area contributed by atoms with Gasteiger partial charge in [0.1, 0.15) is 0 Å². The van der Waals surface area contributed by atoms with E-state index in [-0.39, 0.29) is 0 Å². The average Bonchev–Trinajstić information content (AvgIpc) is 1.43. The first-order valence-electron chi connectivity index (χ1n) is 2.34. The highest BCUT2D eigenvalue weighted by molar-refractivity contribution is 7.68. The third-order valence-electron chi connectivity index (χ3n) is 0.440. The van der Waals surface area contributed by atoms with E-state index in [0.29, 0.717) is 0 Å². The van der Waals surface area contributed by atoms with Gasteiger partial charge in [-0.1, -0.05) is 0 Å². The molecule has 0 aliphatic carbocycles. The smallest absolute Gasteiger partial charge is 0.302 e. The molecule has 80 valence electrons. The Morgan fingerprint density at radius 1 is 0.846 bits per heavy atom. The Balaban J connectivity index is 4.54. The summed E-state index contributed by atoms with van der Waals surface area (Å²) >= 11 is 0. The Morgan fingerprint density at radius 3 is 1.23 bits per heavy atom. The lowest BCUT2D eigenvalue weighted by Crippen LogP contribution is -2.01. The van der Waals surface area contributed by atoms with Crippen LogP contribution in [0.25, 0.3) is 0 Å². The highest BCUT2D eigenvalue weighted by Crippen LogP contribution is 2.62. The molecule has 0 amide bonds. The van der Waals surface area contributed by atoms with Crippen LogP contribution in [-0.4, -0.2) is 19.6 Å². The summed E-state index contributed by atoms with van der Waals surface area (Å²) in [5.74, 6) is 0. The van der Waals surface area contributed by atoms with Crippen molar-refractivity contribution in [2.24, 2.45) is 5.50 Å². The van der Waals surface area contributed by atoms with Crippen LogP contribution in [0.2, 0.25) is 0 Å². The summed E-state index contributed by atoms with van der Waals surface area (Å²) in [6.07, 6.45) is 0. The van der Waals surface area contributed by atoms with Gasteiger partial charge in [0, 0.05) is 0 Å². The second kappa shape index (κ2) is 3.88. The van der Waals surface area contributed by atoms with Gasteiger partial charge in [0.2, 0.25) is 0 Å². The average molecular weight is 257 g/mol. The summed E-state index contributed by atoms with van der Waals surface area (Å²) in [4.78, 5) is 32.2. The molecule has 0 heterocycles. The van der Waals surface area contributed by atoms with Gasteiger partial charge in [0.25, 0.3) is 0 Å². The topological polar surface area (TPSA) is 177 Å². The van der Waals surface area contributed by atoms with Crippen molar-refractivity contribution in [3.8, 4) is 0 Å². The quantitative estimate of drug-likeness (QED) is 0.403. The third kappa shape index (κ3) is 8.73. The molecule has 0 unspecified atom stereocenters. The van der Waals surface area contributed by atoms with Crippen LogP contribution in [-0.2, 0) is 22.3 Å². The zero-order valence-corrected chi connectivity index (χ0v) is 8.43. The summed E-state index contributed by atoms with van der Waals surface area (Å²) < 4.78 is 37.2. The van der Waals surface area contributed by atoms with Gasteiger partial charge in [0.15, 0.2) is 0 Å². The fourth-order valence-electron chi connectivity index (χ4n) is 0.311. The highest BCUT2D eigenvalue weighted by atomic mass is 31.3. The van der Waals surface area contributed by atoms with Gasteiger partial charge in [-0.25, -0.2) is 19.2 Å². The van der Waals surface area contributed by atoms with Crippen molar-refractivity contribution in [3.63, 3.8) is 0 Å². The molecule has 0 radical (unpaired) electrons. The molecule has 0 bridgehead atoms. The molecule has 0 aromatic carbocycles. The molecule has 0 saturated heterocycles. The maximum absolute atomic E-state index is 10.6. The van der Waals surface area contributed by atoms with Gasteiger partial charge in [-0.15, -0.1) is 0 Å². The Hall–Kier alpha value is 0.410. The molecular formula is H6NO9P3. The van der Waals surface area contributed by atoms with Crippen LogP contribution >= 0.6 is 23.4 Å². The zero-order valence-electron chi connectivity index (χ0n) is 5.75. The normalized spacial score (nSPS) is 14.5. The highest BCUT2D eigenvalue weighted by Gasteiger charge is 2.36. The van der Waals surface area contributed by atoms with Gasteiger partial charge in [-0.2, -0.15) is 8.62 Å². The van der Waals surface area contributed by atoms with Crippen LogP contribution in [0, 0.1) is 0 Å². The van der Waals surface area contributed by atoms with E-state index in [1.54, 1.807) is 0 Å². The molecule has 13 heavy (non-hydrogen) atoms. The lowest BCUT2D eigenvalue weighted by atomic mass is 13.9. The van der Waals surface area contributed by atoms with Gasteiger partial charge in [-0.05, 0) is 0 Å². The maximum atomic E-state index is 10.6. The molecule has 0 aromatic rings. The van der Waals surface area contributed by atoms with E-state index < -0.39 is 23.4 Å². The van der Waals surface area contributed by atoms with Crippen molar-refractivity contribution in [1.82, 2.24) is 0 Å². The SMILES string of the molecule is NP(=O)(OP(=O)(O)O)OP(=O)(O)O. The summed E-state index contributed by atoms with van der Waals surface area (Å²) in [6, 6.07) is 0. The summed E-state index contributed by atoms with van der Waals surface area (Å²) in [6.45, 7) is 0. The second-order valence-corrected chi connectivity index (χ2v) is 6.03. The molecule has 0 rings (SSSR count). The molecule has 10 nitrogen and oxygen atoms in total. The second-order valence-electron chi connectivity index (χ2n) is 1.68. The van der Waals surface area contributed by atoms with Crippen molar-refractivity contribution in [3.05, 3.63) is 0 Å². The van der Waals surface area contributed by atoms with Crippen molar-refractivity contribution in [2.75, 3.05) is 0 Å². The number of nitrogens with two attached hydrogens (primary N) is 1. The van der Waals surface area contributed by atoms with E-state index in [4.69, 9.17) is 19.6 Å². The minimum absolute atomic E-state index is 3.29. The number of hydrogen-bond acceptors (Lipinski definition) is 5. The number of phosphoric acid groups is 2. The molecule has 0 aromatic heterocycles. The number of rotatable bonds is 4. The predicted octanol–water partition coefficient (Wildman–Crippen LogP) is -0.728. The minimum Gasteiger partial charge on any atom is -0.302 e. The standard InChI is InChI=1S/H6NO9P3/c1-11(2,9-12(3,4)5)10-13(6,7)8/h(H2,1,2)(H2,3,4,5)(H2,6,7,8). The van der Waals surface area contributed by atoms with Gasteiger partial charge >= 0.3 is 23.4 Å². The molecule has 0 saturated carbocycles. The van der Waals surface area contributed by atoms with Gasteiger partial charge in [0.05, 0.1) is 0 Å². The Bertz CT molecular complexity index is 277. The van der Waals surface area contributed by atoms with E-state index in [2.05, 4.69) is 14.1 Å². The van der Waals surface area contributed by atoms with E-state index in [1.165, 1.54) is 0 Å². The van der Waals surface area contributed by atoms with E-state index >= 15 is 0 Å². The first kappa shape index (κ1) is 13.4. The first-order chi connectivity index (χ1) is 5.41. The van der Waals surface area contributed by atoms with Gasteiger partial charge in [-0.3, -0.25) is 0 Å². The molecular weight excluding hydrogens is 251 g/mol. The minimum atomic E-state index is -5.23. The van der Waals surface area contributed by atoms with Crippen LogP contribution in [0.5, 0.6) is 0 Å². The zero-order chi connectivity index (χ0) is 10.9. The fraction of sp³-hybridized carbons (Fsp3) is 0. The fourth-order valence-corrected chi connectivity index (χ4v) is 3.07. The Morgan fingerprint density at radius 2 is 1.08 bits per heavy atom. The molecule has 6 N–H and O–H groups in total. The molecule has 0 spiro atoms. The van der Waals surface area contributed by atoms with E-state index in [0.717, 1.165) is 0 Å². The Labute approximate surface area is 71.7 Å². The van der Waals surface area contributed by atoms with Crippen molar-refractivity contribution >= 4 is 23.4 Å². The molecule has 0 fully saturated rings. The lowest BCUT2D eigenvalue weighted by molar-refractivity contribution is 0.240. The van der Waals surface area contributed by atoms with Gasteiger partial charge < -0.3 is 19.6 Å². The van der Waals surface area contributed by atoms with Crippen molar-refractivity contribution in [2.45, 2.75) is 0 Å². The molecule has 13 heteroatoms. The van der Waals surface area contributed by atoms with Crippen LogP contribution in [0.3, 0.4) is 0 Å². The van der Waals surface area contributed by atoms with Crippen LogP contribution < -0.4 is 5.50 Å². The molecule has 0 aliphatic rings. The Kier molecular flexibility index (Phi) is 4.00. The van der Waals surface area contributed by atoms with Crippen LogP contribution in [0.4, 0.5) is 0 Å². The van der Waals surface area contributed by atoms with Crippen LogP contribution in [0.15, 0.2) is 0 Å². The number of hydrogen-bond donors (Lipinski definition) is 5. The lowest BCUT2D eigenvalue weighted by Gasteiger charge is -2.13. The predicted molar refractivity (Wildman–Crippen MR) is 38.1 cm³/mol. The summed E-state index contributed by atoms with van der Waals surface area (Å²) in [7, 11) is -15.4. The third-order valence-corrected chi connectivity index (χ3v) is 3.96. The summed E-state index contributed by atoms with van der Waals surface area (Å²) in [5, 5.41) is 0.